The van der Waals surface area contributed by atoms with Gasteiger partial charge >= 0.3 is 0 Å². The lowest BCUT2D eigenvalue weighted by molar-refractivity contribution is -0.125. The number of carbonyl (C=O) groups is 2. The molecular weight excluding hydrogens is 250 g/mol. The standard InChI is InChI=1S/C17H19NO2/c1-11-7-12(2)9-14(8-11)18-16(19)10-13-5-3-4-6-15(13)17(18)20/h7-9H,3-6,10H2,1-2H3. The zero-order chi connectivity index (χ0) is 14.3. The van der Waals surface area contributed by atoms with Crippen molar-refractivity contribution < 1.29 is 9.59 Å². The lowest BCUT2D eigenvalue weighted by atomic mass is 9.86. The van der Waals surface area contributed by atoms with E-state index in [9.17, 15) is 9.59 Å². The molecule has 0 saturated carbocycles. The van der Waals surface area contributed by atoms with Gasteiger partial charge in [-0.2, -0.15) is 0 Å². The molecule has 1 heterocycles. The van der Waals surface area contributed by atoms with Gasteiger partial charge in [-0.15, -0.1) is 0 Å². The Morgan fingerprint density at radius 1 is 0.950 bits per heavy atom. The van der Waals surface area contributed by atoms with Crippen molar-refractivity contribution in [3.63, 3.8) is 0 Å². The van der Waals surface area contributed by atoms with Crippen molar-refractivity contribution in [2.75, 3.05) is 4.90 Å². The number of imide groups is 1. The van der Waals surface area contributed by atoms with Crippen molar-refractivity contribution in [3.8, 4) is 0 Å². The number of anilines is 1. The zero-order valence-electron chi connectivity index (χ0n) is 12.0. The number of carbonyl (C=O) groups excluding carboxylic acids is 2. The summed E-state index contributed by atoms with van der Waals surface area (Å²) in [4.78, 5) is 26.4. The molecular formula is C17H19NO2. The maximum absolute atomic E-state index is 12.6. The first-order valence-corrected chi connectivity index (χ1v) is 7.23. The van der Waals surface area contributed by atoms with Crippen LogP contribution in [0.4, 0.5) is 5.69 Å². The van der Waals surface area contributed by atoms with Crippen LogP contribution < -0.4 is 4.90 Å². The molecule has 104 valence electrons. The van der Waals surface area contributed by atoms with E-state index in [-0.39, 0.29) is 11.8 Å². The fourth-order valence-corrected chi connectivity index (χ4v) is 3.27. The van der Waals surface area contributed by atoms with Gasteiger partial charge in [-0.3, -0.25) is 9.59 Å². The van der Waals surface area contributed by atoms with Gasteiger partial charge < -0.3 is 0 Å². The summed E-state index contributed by atoms with van der Waals surface area (Å²) in [6, 6.07) is 5.88. The van der Waals surface area contributed by atoms with Gasteiger partial charge in [0.1, 0.15) is 0 Å². The number of hydrogen-bond donors (Lipinski definition) is 0. The first-order chi connectivity index (χ1) is 9.56. The summed E-state index contributed by atoms with van der Waals surface area (Å²) in [6.07, 6.45) is 4.30. The maximum atomic E-state index is 12.6. The van der Waals surface area contributed by atoms with E-state index in [1.54, 1.807) is 0 Å². The average molecular weight is 269 g/mol. The molecule has 0 fully saturated rings. The molecule has 0 saturated heterocycles. The topological polar surface area (TPSA) is 37.4 Å². The summed E-state index contributed by atoms with van der Waals surface area (Å²) in [5.41, 5.74) is 4.82. The third-order valence-electron chi connectivity index (χ3n) is 4.12. The highest BCUT2D eigenvalue weighted by atomic mass is 16.2. The molecule has 1 aromatic rings. The molecule has 0 spiro atoms. The second kappa shape index (κ2) is 4.89. The van der Waals surface area contributed by atoms with Crippen molar-refractivity contribution in [1.82, 2.24) is 0 Å². The molecule has 0 bridgehead atoms. The van der Waals surface area contributed by atoms with Crippen LogP contribution in [0, 0.1) is 13.8 Å². The molecule has 1 aliphatic carbocycles. The fraction of sp³-hybridized carbons (Fsp3) is 0.412. The van der Waals surface area contributed by atoms with Crippen LogP contribution in [0.25, 0.3) is 0 Å². The van der Waals surface area contributed by atoms with E-state index < -0.39 is 0 Å². The number of rotatable bonds is 1. The van der Waals surface area contributed by atoms with E-state index in [4.69, 9.17) is 0 Å². The Hall–Kier alpha value is -1.90. The monoisotopic (exact) mass is 269 g/mol. The van der Waals surface area contributed by atoms with Gasteiger partial charge in [0.05, 0.1) is 5.69 Å². The molecule has 0 aromatic heterocycles. The van der Waals surface area contributed by atoms with Gasteiger partial charge in [-0.25, -0.2) is 4.90 Å². The van der Waals surface area contributed by atoms with Crippen LogP contribution >= 0.6 is 0 Å². The normalized spacial score (nSPS) is 19.4. The Kier molecular flexibility index (Phi) is 3.20. The van der Waals surface area contributed by atoms with Gasteiger partial charge in [0.25, 0.3) is 5.91 Å². The Bertz CT molecular complexity index is 608. The van der Waals surface area contributed by atoms with E-state index >= 15 is 0 Å². The lowest BCUT2D eigenvalue weighted by Crippen LogP contribution is -2.42. The molecule has 2 amide bonds. The Morgan fingerprint density at radius 3 is 2.30 bits per heavy atom. The van der Waals surface area contributed by atoms with Gasteiger partial charge in [0.2, 0.25) is 5.91 Å². The largest absolute Gasteiger partial charge is 0.274 e. The van der Waals surface area contributed by atoms with Crippen LogP contribution in [0.3, 0.4) is 0 Å². The summed E-state index contributed by atoms with van der Waals surface area (Å²) in [6.45, 7) is 3.97. The molecule has 1 aromatic carbocycles. The van der Waals surface area contributed by atoms with E-state index in [1.807, 2.05) is 32.0 Å². The maximum Gasteiger partial charge on any atom is 0.260 e. The number of benzene rings is 1. The molecule has 1 aliphatic heterocycles. The first kappa shape index (κ1) is 13.1. The summed E-state index contributed by atoms with van der Waals surface area (Å²) in [5.74, 6) is -0.179. The van der Waals surface area contributed by atoms with E-state index in [0.29, 0.717) is 6.42 Å². The highest BCUT2D eigenvalue weighted by Gasteiger charge is 2.34. The van der Waals surface area contributed by atoms with Crippen LogP contribution in [-0.2, 0) is 9.59 Å². The van der Waals surface area contributed by atoms with Crippen LogP contribution in [0.15, 0.2) is 29.3 Å². The Morgan fingerprint density at radius 2 is 1.60 bits per heavy atom. The zero-order valence-corrected chi connectivity index (χ0v) is 12.0. The third kappa shape index (κ3) is 2.17. The number of nitrogens with zero attached hydrogens (tertiary/aromatic N) is 1. The molecule has 3 heteroatoms. The van der Waals surface area contributed by atoms with Crippen molar-refractivity contribution >= 4 is 17.5 Å². The minimum Gasteiger partial charge on any atom is -0.274 e. The fourth-order valence-electron chi connectivity index (χ4n) is 3.27. The Labute approximate surface area is 119 Å². The van der Waals surface area contributed by atoms with Gasteiger partial charge in [-0.05, 0) is 62.8 Å². The minimum absolute atomic E-state index is 0.0827. The highest BCUT2D eigenvalue weighted by molar-refractivity contribution is 6.24. The summed E-state index contributed by atoms with van der Waals surface area (Å²) in [5, 5.41) is 0. The molecule has 3 nitrogen and oxygen atoms in total. The minimum atomic E-state index is -0.0963. The second-order valence-electron chi connectivity index (χ2n) is 5.85. The smallest absolute Gasteiger partial charge is 0.260 e. The molecule has 3 rings (SSSR count). The predicted molar refractivity (Wildman–Crippen MR) is 78.5 cm³/mol. The lowest BCUT2D eigenvalue weighted by Gasteiger charge is -2.31. The molecule has 0 N–H and O–H groups in total. The van der Waals surface area contributed by atoms with Crippen LogP contribution in [0.1, 0.15) is 43.2 Å². The summed E-state index contributed by atoms with van der Waals surface area (Å²) >= 11 is 0. The van der Waals surface area contributed by atoms with Crippen molar-refractivity contribution in [3.05, 3.63) is 40.5 Å². The van der Waals surface area contributed by atoms with E-state index in [0.717, 1.165) is 53.6 Å². The molecule has 0 atom stereocenters. The van der Waals surface area contributed by atoms with Crippen molar-refractivity contribution in [2.24, 2.45) is 0 Å². The number of hydrogen-bond acceptors (Lipinski definition) is 2. The molecule has 0 unspecified atom stereocenters. The molecule has 20 heavy (non-hydrogen) atoms. The number of amides is 2. The van der Waals surface area contributed by atoms with E-state index in [2.05, 4.69) is 0 Å². The van der Waals surface area contributed by atoms with Gasteiger partial charge in [0, 0.05) is 12.0 Å². The van der Waals surface area contributed by atoms with E-state index in [1.165, 1.54) is 4.90 Å². The second-order valence-corrected chi connectivity index (χ2v) is 5.85. The van der Waals surface area contributed by atoms with Crippen LogP contribution in [0.5, 0.6) is 0 Å². The molecule has 0 radical (unpaired) electrons. The van der Waals surface area contributed by atoms with Crippen LogP contribution in [-0.4, -0.2) is 11.8 Å². The predicted octanol–water partition coefficient (Wildman–Crippen LogP) is 3.44. The quantitative estimate of drug-likeness (QED) is 0.732. The summed E-state index contributed by atoms with van der Waals surface area (Å²) < 4.78 is 0. The highest BCUT2D eigenvalue weighted by Crippen LogP contribution is 2.34. The molecule has 2 aliphatic rings. The Balaban J connectivity index is 2.03. The average Bonchev–Trinajstić information content (AvgIpc) is 2.37. The van der Waals surface area contributed by atoms with Crippen molar-refractivity contribution in [2.45, 2.75) is 46.0 Å². The van der Waals surface area contributed by atoms with Gasteiger partial charge in [0.15, 0.2) is 0 Å². The van der Waals surface area contributed by atoms with Crippen molar-refractivity contribution in [1.29, 1.82) is 0 Å². The SMILES string of the molecule is Cc1cc(C)cc(N2C(=O)CC3=C(CCCC3)C2=O)c1. The first-order valence-electron chi connectivity index (χ1n) is 7.23. The number of aryl methyl sites for hydroxylation is 2. The van der Waals surface area contributed by atoms with Gasteiger partial charge in [-0.1, -0.05) is 11.6 Å². The third-order valence-corrected chi connectivity index (χ3v) is 4.12. The summed E-state index contributed by atoms with van der Waals surface area (Å²) in [7, 11) is 0. The van der Waals surface area contributed by atoms with Crippen LogP contribution in [0.2, 0.25) is 0 Å².